The molecule has 1 aliphatic heterocycles. The van der Waals surface area contributed by atoms with Crippen LogP contribution in [0, 0.1) is 0 Å². The highest BCUT2D eigenvalue weighted by atomic mass is 79.9. The number of nitrogens with zero attached hydrogens (tertiary/aromatic N) is 2. The summed E-state index contributed by atoms with van der Waals surface area (Å²) in [6.07, 6.45) is 3.06. The maximum absolute atomic E-state index is 11.7. The lowest BCUT2D eigenvalue weighted by Gasteiger charge is -2.35. The first-order valence-electron chi connectivity index (χ1n) is 5.75. The van der Waals surface area contributed by atoms with Crippen LogP contribution in [-0.2, 0) is 10.0 Å². The van der Waals surface area contributed by atoms with Crippen molar-refractivity contribution < 1.29 is 8.42 Å². The van der Waals surface area contributed by atoms with Gasteiger partial charge in [0.25, 0.3) is 0 Å². The molecule has 16 heavy (non-hydrogen) atoms. The molecule has 6 heteroatoms. The molecular formula is C10H21BrN2O2S. The van der Waals surface area contributed by atoms with Crippen LogP contribution in [0.5, 0.6) is 0 Å². The molecule has 1 fully saturated rings. The SMILES string of the molecule is CCCN1CCC(N(C)S(=O)(=O)CBr)CC1. The summed E-state index contributed by atoms with van der Waals surface area (Å²) in [4.78, 5) is 2.41. The van der Waals surface area contributed by atoms with Crippen LogP contribution in [0.25, 0.3) is 0 Å². The van der Waals surface area contributed by atoms with Crippen molar-refractivity contribution in [2.75, 3.05) is 31.3 Å². The molecule has 0 aromatic heterocycles. The summed E-state index contributed by atoms with van der Waals surface area (Å²) >= 11 is 3.03. The molecule has 0 unspecified atom stereocenters. The summed E-state index contributed by atoms with van der Waals surface area (Å²) in [5.74, 6) is 0. The van der Waals surface area contributed by atoms with Crippen molar-refractivity contribution in [3.63, 3.8) is 0 Å². The molecule has 0 spiro atoms. The van der Waals surface area contributed by atoms with Crippen LogP contribution in [0.3, 0.4) is 0 Å². The second-order valence-corrected chi connectivity index (χ2v) is 7.64. The smallest absolute Gasteiger partial charge is 0.224 e. The maximum Gasteiger partial charge on any atom is 0.224 e. The standard InChI is InChI=1S/C10H21BrN2O2S/c1-3-6-13-7-4-10(5-8-13)12(2)16(14,15)9-11/h10H,3-9H2,1-2H3. The third kappa shape index (κ3) is 3.68. The lowest BCUT2D eigenvalue weighted by Crippen LogP contribution is -2.45. The number of hydrogen-bond donors (Lipinski definition) is 0. The number of piperidine rings is 1. The third-order valence-corrected chi connectivity index (χ3v) is 6.37. The van der Waals surface area contributed by atoms with Gasteiger partial charge in [0, 0.05) is 13.1 Å². The molecule has 1 aliphatic rings. The zero-order valence-corrected chi connectivity index (χ0v) is 12.4. The summed E-state index contributed by atoms with van der Waals surface area (Å²) in [6, 6.07) is 0.177. The quantitative estimate of drug-likeness (QED) is 0.722. The summed E-state index contributed by atoms with van der Waals surface area (Å²) in [5, 5.41) is 0. The van der Waals surface area contributed by atoms with Gasteiger partial charge in [0.2, 0.25) is 10.0 Å². The van der Waals surface area contributed by atoms with E-state index in [1.165, 1.54) is 10.7 Å². The molecule has 1 heterocycles. The lowest BCUT2D eigenvalue weighted by molar-refractivity contribution is 0.170. The second kappa shape index (κ2) is 6.33. The van der Waals surface area contributed by atoms with E-state index in [0.29, 0.717) is 0 Å². The molecule has 0 aliphatic carbocycles. The average Bonchev–Trinajstić information content (AvgIpc) is 2.29. The molecule has 0 bridgehead atoms. The first-order valence-corrected chi connectivity index (χ1v) is 8.48. The fourth-order valence-corrected chi connectivity index (χ4v) is 3.91. The molecule has 0 aromatic rings. The van der Waals surface area contributed by atoms with Gasteiger partial charge in [-0.15, -0.1) is 0 Å². The first kappa shape index (κ1) is 14.4. The normalized spacial score (nSPS) is 20.5. The number of likely N-dealkylation sites (tertiary alicyclic amines) is 1. The molecule has 0 aromatic carbocycles. The second-order valence-electron chi connectivity index (χ2n) is 4.31. The van der Waals surface area contributed by atoms with Crippen molar-refractivity contribution in [1.29, 1.82) is 0 Å². The van der Waals surface area contributed by atoms with E-state index in [2.05, 4.69) is 27.8 Å². The van der Waals surface area contributed by atoms with E-state index in [1.807, 2.05) is 0 Å². The van der Waals surface area contributed by atoms with Crippen LogP contribution in [0.2, 0.25) is 0 Å². The summed E-state index contributed by atoms with van der Waals surface area (Å²) in [6.45, 7) is 5.33. The Hall–Kier alpha value is 0.350. The number of hydrogen-bond acceptors (Lipinski definition) is 3. The van der Waals surface area contributed by atoms with Crippen molar-refractivity contribution in [3.8, 4) is 0 Å². The number of alkyl halides is 1. The highest BCUT2D eigenvalue weighted by molar-refractivity contribution is 9.10. The minimum Gasteiger partial charge on any atom is -0.303 e. The van der Waals surface area contributed by atoms with E-state index in [9.17, 15) is 8.42 Å². The fourth-order valence-electron chi connectivity index (χ4n) is 2.13. The van der Waals surface area contributed by atoms with E-state index >= 15 is 0 Å². The van der Waals surface area contributed by atoms with Crippen molar-refractivity contribution in [1.82, 2.24) is 9.21 Å². The van der Waals surface area contributed by atoms with Crippen molar-refractivity contribution in [3.05, 3.63) is 0 Å². The molecule has 1 rings (SSSR count). The predicted octanol–water partition coefficient (Wildman–Crippen LogP) is 1.47. The number of rotatable bonds is 5. The highest BCUT2D eigenvalue weighted by Gasteiger charge is 2.28. The molecule has 96 valence electrons. The van der Waals surface area contributed by atoms with Crippen molar-refractivity contribution >= 4 is 26.0 Å². The molecule has 0 N–H and O–H groups in total. The number of sulfonamides is 1. The van der Waals surface area contributed by atoms with Crippen LogP contribution >= 0.6 is 15.9 Å². The van der Waals surface area contributed by atoms with Gasteiger partial charge < -0.3 is 4.90 Å². The average molecular weight is 313 g/mol. The zero-order chi connectivity index (χ0) is 12.2. The van der Waals surface area contributed by atoms with E-state index in [4.69, 9.17) is 0 Å². The van der Waals surface area contributed by atoms with E-state index in [1.54, 1.807) is 7.05 Å². The largest absolute Gasteiger partial charge is 0.303 e. The zero-order valence-electron chi connectivity index (χ0n) is 10.0. The van der Waals surface area contributed by atoms with Crippen LogP contribution in [0.15, 0.2) is 0 Å². The van der Waals surface area contributed by atoms with Crippen LogP contribution in [-0.4, -0.2) is 55.0 Å². The Bertz CT molecular complexity index is 300. The minimum atomic E-state index is -3.10. The minimum absolute atomic E-state index is 0.0195. The lowest BCUT2D eigenvalue weighted by atomic mass is 10.1. The Balaban J connectivity index is 2.48. The Morgan fingerprint density at radius 2 is 1.94 bits per heavy atom. The van der Waals surface area contributed by atoms with Gasteiger partial charge in [0.1, 0.15) is 4.66 Å². The molecule has 4 nitrogen and oxygen atoms in total. The van der Waals surface area contributed by atoms with E-state index in [0.717, 1.165) is 32.5 Å². The van der Waals surface area contributed by atoms with Crippen LogP contribution in [0.4, 0.5) is 0 Å². The van der Waals surface area contributed by atoms with Gasteiger partial charge in [-0.2, -0.15) is 0 Å². The molecule has 0 amide bonds. The molecule has 0 atom stereocenters. The number of halogens is 1. The Labute approximate surface area is 107 Å². The summed E-state index contributed by atoms with van der Waals surface area (Å²) < 4.78 is 24.9. The predicted molar refractivity (Wildman–Crippen MR) is 70.2 cm³/mol. The maximum atomic E-state index is 11.7. The van der Waals surface area contributed by atoms with Crippen molar-refractivity contribution in [2.24, 2.45) is 0 Å². The Morgan fingerprint density at radius 3 is 2.38 bits per heavy atom. The van der Waals surface area contributed by atoms with Gasteiger partial charge in [-0.1, -0.05) is 22.9 Å². The highest BCUT2D eigenvalue weighted by Crippen LogP contribution is 2.19. The molecule has 1 saturated heterocycles. The Kier molecular flexibility index (Phi) is 5.70. The van der Waals surface area contributed by atoms with E-state index in [-0.39, 0.29) is 10.7 Å². The van der Waals surface area contributed by atoms with Gasteiger partial charge >= 0.3 is 0 Å². The molecular weight excluding hydrogens is 292 g/mol. The van der Waals surface area contributed by atoms with Crippen LogP contribution in [0.1, 0.15) is 26.2 Å². The topological polar surface area (TPSA) is 40.6 Å². The Morgan fingerprint density at radius 1 is 1.38 bits per heavy atom. The van der Waals surface area contributed by atoms with Gasteiger partial charge in [-0.25, -0.2) is 12.7 Å². The monoisotopic (exact) mass is 312 g/mol. The van der Waals surface area contributed by atoms with Crippen LogP contribution < -0.4 is 0 Å². The van der Waals surface area contributed by atoms with E-state index < -0.39 is 10.0 Å². The van der Waals surface area contributed by atoms with Gasteiger partial charge in [0.05, 0.1) is 0 Å². The van der Waals surface area contributed by atoms with Gasteiger partial charge in [0.15, 0.2) is 0 Å². The van der Waals surface area contributed by atoms with Gasteiger partial charge in [-0.3, -0.25) is 0 Å². The molecule has 0 radical (unpaired) electrons. The fraction of sp³-hybridized carbons (Fsp3) is 1.00. The van der Waals surface area contributed by atoms with Crippen molar-refractivity contribution in [2.45, 2.75) is 32.2 Å². The molecule has 0 saturated carbocycles. The van der Waals surface area contributed by atoms with Gasteiger partial charge in [-0.05, 0) is 38.9 Å². The third-order valence-electron chi connectivity index (χ3n) is 3.19. The summed E-state index contributed by atoms with van der Waals surface area (Å²) in [7, 11) is -1.40. The first-order chi connectivity index (χ1) is 7.51. The summed E-state index contributed by atoms with van der Waals surface area (Å²) in [5.41, 5.74) is 0.